The summed E-state index contributed by atoms with van der Waals surface area (Å²) in [7, 11) is 0. The molecule has 3 aromatic rings. The van der Waals surface area contributed by atoms with Gasteiger partial charge in [-0.2, -0.15) is 0 Å². The van der Waals surface area contributed by atoms with E-state index in [1.165, 1.54) is 19.1 Å². The number of phenols is 4. The van der Waals surface area contributed by atoms with Crippen LogP contribution < -0.4 is 0 Å². The van der Waals surface area contributed by atoms with E-state index in [1.54, 1.807) is 30.3 Å². The Hall–Kier alpha value is -3.54. The van der Waals surface area contributed by atoms with Crippen molar-refractivity contribution in [2.75, 3.05) is 0 Å². The maximum absolute atomic E-state index is 11.5. The van der Waals surface area contributed by atoms with Crippen molar-refractivity contribution in [3.8, 4) is 23.0 Å². The van der Waals surface area contributed by atoms with Gasteiger partial charge in [0.05, 0.1) is 11.3 Å². The average Bonchev–Trinajstić information content (AvgIpc) is 2.57. The molecule has 0 amide bonds. The summed E-state index contributed by atoms with van der Waals surface area (Å²) >= 11 is 0. The number of rotatable bonds is 3. The molecule has 0 fully saturated rings. The van der Waals surface area contributed by atoms with Gasteiger partial charge in [-0.3, -0.25) is 4.79 Å². The van der Waals surface area contributed by atoms with E-state index in [0.29, 0.717) is 22.2 Å². The van der Waals surface area contributed by atoms with Gasteiger partial charge in [0.15, 0.2) is 23.0 Å². The van der Waals surface area contributed by atoms with Crippen LogP contribution in [0.2, 0.25) is 0 Å². The highest BCUT2D eigenvalue weighted by molar-refractivity contribution is 6.02. The second kappa shape index (κ2) is 6.16. The standard InChI is InChI=1S/C19H15NO5/c1-10(21)14-7-4-11-2-5-13(20-18(11)19(14)25)6-3-12-8-16(23)17(24)9-15(12)22/h2-9,22-25H,1H3/b6-3+. The average molecular weight is 337 g/mol. The molecule has 126 valence electrons. The number of ketones is 1. The lowest BCUT2D eigenvalue weighted by atomic mass is 10.1. The Labute approximate surface area is 142 Å². The zero-order valence-corrected chi connectivity index (χ0v) is 13.3. The summed E-state index contributed by atoms with van der Waals surface area (Å²) < 4.78 is 0. The molecule has 1 aromatic heterocycles. The summed E-state index contributed by atoms with van der Waals surface area (Å²) in [5.41, 5.74) is 1.27. The Balaban J connectivity index is 2.03. The lowest BCUT2D eigenvalue weighted by molar-refractivity contribution is 0.101. The Morgan fingerprint density at radius 3 is 2.32 bits per heavy atom. The van der Waals surface area contributed by atoms with E-state index >= 15 is 0 Å². The van der Waals surface area contributed by atoms with E-state index in [9.17, 15) is 25.2 Å². The number of phenolic OH excluding ortho intramolecular Hbond substituents is 4. The molecule has 6 nitrogen and oxygen atoms in total. The first-order valence-electron chi connectivity index (χ1n) is 7.43. The summed E-state index contributed by atoms with van der Waals surface area (Å²) in [6.45, 7) is 1.37. The smallest absolute Gasteiger partial charge is 0.163 e. The van der Waals surface area contributed by atoms with Gasteiger partial charge in [-0.25, -0.2) is 4.98 Å². The molecule has 2 aromatic carbocycles. The van der Waals surface area contributed by atoms with Crippen molar-refractivity contribution in [1.29, 1.82) is 0 Å². The van der Waals surface area contributed by atoms with Crippen molar-refractivity contribution in [1.82, 2.24) is 4.98 Å². The third-order valence-corrected chi connectivity index (χ3v) is 3.79. The van der Waals surface area contributed by atoms with Crippen molar-refractivity contribution < 1.29 is 25.2 Å². The molecule has 0 radical (unpaired) electrons. The third kappa shape index (κ3) is 3.10. The number of hydrogen-bond donors (Lipinski definition) is 4. The lowest BCUT2D eigenvalue weighted by Crippen LogP contribution is -1.94. The summed E-state index contributed by atoms with van der Waals surface area (Å²) in [6, 6.07) is 8.97. The SMILES string of the molecule is CC(=O)c1ccc2ccc(/C=C/c3cc(O)c(O)cc3O)nc2c1O. The minimum Gasteiger partial charge on any atom is -0.507 e. The largest absolute Gasteiger partial charge is 0.507 e. The summed E-state index contributed by atoms with van der Waals surface area (Å²) in [5.74, 6) is -1.40. The van der Waals surface area contributed by atoms with E-state index in [-0.39, 0.29) is 28.6 Å². The van der Waals surface area contributed by atoms with Gasteiger partial charge in [-0.05, 0) is 37.3 Å². The van der Waals surface area contributed by atoms with Gasteiger partial charge in [0, 0.05) is 17.0 Å². The normalized spacial score (nSPS) is 11.2. The van der Waals surface area contributed by atoms with E-state index in [4.69, 9.17) is 0 Å². The number of benzene rings is 2. The number of aromatic hydroxyl groups is 4. The molecule has 25 heavy (non-hydrogen) atoms. The molecule has 0 aliphatic rings. The zero-order valence-electron chi connectivity index (χ0n) is 13.3. The molecule has 4 N–H and O–H groups in total. The lowest BCUT2D eigenvalue weighted by Gasteiger charge is -2.06. The predicted molar refractivity (Wildman–Crippen MR) is 93.8 cm³/mol. The second-order valence-corrected chi connectivity index (χ2v) is 5.56. The van der Waals surface area contributed by atoms with Crippen LogP contribution in [-0.2, 0) is 0 Å². The molecule has 0 saturated carbocycles. The van der Waals surface area contributed by atoms with Crippen LogP contribution in [0.5, 0.6) is 23.0 Å². The van der Waals surface area contributed by atoms with Crippen LogP contribution in [-0.4, -0.2) is 31.2 Å². The molecule has 3 rings (SSSR count). The van der Waals surface area contributed by atoms with Gasteiger partial charge in [0.1, 0.15) is 11.3 Å². The zero-order chi connectivity index (χ0) is 18.1. The van der Waals surface area contributed by atoms with Gasteiger partial charge < -0.3 is 20.4 Å². The number of nitrogens with zero attached hydrogens (tertiary/aromatic N) is 1. The number of Topliss-reactive ketones (excluding diaryl/α,β-unsaturated/α-hetero) is 1. The van der Waals surface area contributed by atoms with E-state index in [1.807, 2.05) is 0 Å². The molecule has 0 bridgehead atoms. The number of fused-ring (bicyclic) bond motifs is 1. The summed E-state index contributed by atoms with van der Waals surface area (Å²) in [6.07, 6.45) is 3.08. The Morgan fingerprint density at radius 2 is 1.60 bits per heavy atom. The number of carbonyl (C=O) groups is 1. The molecule has 1 heterocycles. The molecule has 0 unspecified atom stereocenters. The highest BCUT2D eigenvalue weighted by Gasteiger charge is 2.11. The first kappa shape index (κ1) is 16.3. The number of hydrogen-bond acceptors (Lipinski definition) is 6. The van der Waals surface area contributed by atoms with Crippen molar-refractivity contribution >= 4 is 28.8 Å². The van der Waals surface area contributed by atoms with Crippen LogP contribution in [0.3, 0.4) is 0 Å². The van der Waals surface area contributed by atoms with Crippen LogP contribution in [0.1, 0.15) is 28.5 Å². The molecule has 0 saturated heterocycles. The fraction of sp³-hybridized carbons (Fsp3) is 0.0526. The molecule has 0 atom stereocenters. The van der Waals surface area contributed by atoms with Gasteiger partial charge in [-0.15, -0.1) is 0 Å². The van der Waals surface area contributed by atoms with E-state index < -0.39 is 5.75 Å². The Morgan fingerprint density at radius 1 is 0.920 bits per heavy atom. The summed E-state index contributed by atoms with van der Waals surface area (Å²) in [4.78, 5) is 15.8. The number of aromatic nitrogens is 1. The fourth-order valence-electron chi connectivity index (χ4n) is 2.46. The van der Waals surface area contributed by atoms with Crippen molar-refractivity contribution in [3.63, 3.8) is 0 Å². The second-order valence-electron chi connectivity index (χ2n) is 5.56. The van der Waals surface area contributed by atoms with Gasteiger partial charge >= 0.3 is 0 Å². The maximum atomic E-state index is 11.5. The topological polar surface area (TPSA) is 111 Å². The first-order chi connectivity index (χ1) is 11.9. The van der Waals surface area contributed by atoms with Crippen molar-refractivity contribution in [2.24, 2.45) is 0 Å². The third-order valence-electron chi connectivity index (χ3n) is 3.79. The predicted octanol–water partition coefficient (Wildman–Crippen LogP) is 3.43. The van der Waals surface area contributed by atoms with Crippen molar-refractivity contribution in [2.45, 2.75) is 6.92 Å². The molecular formula is C19H15NO5. The van der Waals surface area contributed by atoms with Crippen LogP contribution in [0.15, 0.2) is 36.4 Å². The van der Waals surface area contributed by atoms with Crippen LogP contribution >= 0.6 is 0 Å². The van der Waals surface area contributed by atoms with Gasteiger partial charge in [0.2, 0.25) is 0 Å². The van der Waals surface area contributed by atoms with Crippen molar-refractivity contribution in [3.05, 3.63) is 53.2 Å². The van der Waals surface area contributed by atoms with Crippen LogP contribution in [0.25, 0.3) is 23.1 Å². The van der Waals surface area contributed by atoms with E-state index in [2.05, 4.69) is 4.98 Å². The molecular weight excluding hydrogens is 322 g/mol. The van der Waals surface area contributed by atoms with Gasteiger partial charge in [-0.1, -0.05) is 12.1 Å². The first-order valence-corrected chi connectivity index (χ1v) is 7.43. The fourth-order valence-corrected chi connectivity index (χ4v) is 2.46. The maximum Gasteiger partial charge on any atom is 0.163 e. The number of pyridine rings is 1. The highest BCUT2D eigenvalue weighted by Crippen LogP contribution is 2.33. The Kier molecular flexibility index (Phi) is 4.02. The van der Waals surface area contributed by atoms with Crippen LogP contribution in [0.4, 0.5) is 0 Å². The van der Waals surface area contributed by atoms with Crippen LogP contribution in [0, 0.1) is 0 Å². The Bertz CT molecular complexity index is 1020. The molecule has 6 heteroatoms. The highest BCUT2D eigenvalue weighted by atomic mass is 16.3. The molecule has 0 aliphatic carbocycles. The minimum absolute atomic E-state index is 0.176. The molecule has 0 aliphatic heterocycles. The van der Waals surface area contributed by atoms with Gasteiger partial charge in [0.25, 0.3) is 0 Å². The molecule has 0 spiro atoms. The quantitative estimate of drug-likeness (QED) is 0.331. The minimum atomic E-state index is -0.417. The summed E-state index contributed by atoms with van der Waals surface area (Å²) in [5, 5.41) is 39.5. The monoisotopic (exact) mass is 337 g/mol. The number of carbonyl (C=O) groups excluding carboxylic acids is 1. The van der Waals surface area contributed by atoms with E-state index in [0.717, 1.165) is 6.07 Å².